The Morgan fingerprint density at radius 3 is 2.75 bits per heavy atom. The van der Waals surface area contributed by atoms with Gasteiger partial charge in [-0.05, 0) is 24.3 Å². The van der Waals surface area contributed by atoms with E-state index in [-0.39, 0.29) is 5.56 Å². The van der Waals surface area contributed by atoms with Crippen LogP contribution in [-0.4, -0.2) is 24.3 Å². The van der Waals surface area contributed by atoms with E-state index in [1.54, 1.807) is 24.5 Å². The highest BCUT2D eigenvalue weighted by Crippen LogP contribution is 2.17. The van der Waals surface area contributed by atoms with Crippen molar-refractivity contribution in [2.75, 3.05) is 13.2 Å². The highest BCUT2D eigenvalue weighted by Gasteiger charge is 2.09. The molecule has 0 aliphatic carbocycles. The molecule has 5 nitrogen and oxygen atoms in total. The molecule has 0 amide bonds. The Bertz CT molecular complexity index is 533. The van der Waals surface area contributed by atoms with Crippen molar-refractivity contribution in [1.82, 2.24) is 0 Å². The van der Waals surface area contributed by atoms with Crippen LogP contribution in [0.4, 0.5) is 0 Å². The van der Waals surface area contributed by atoms with Crippen LogP contribution in [0, 0.1) is 0 Å². The second kappa shape index (κ2) is 7.35. The van der Waals surface area contributed by atoms with Gasteiger partial charge in [0.05, 0.1) is 19.5 Å². The summed E-state index contributed by atoms with van der Waals surface area (Å²) in [5, 5.41) is 9.00. The summed E-state index contributed by atoms with van der Waals surface area (Å²) >= 11 is 0. The lowest BCUT2D eigenvalue weighted by Gasteiger charge is -2.08. The van der Waals surface area contributed by atoms with Gasteiger partial charge in [-0.1, -0.05) is 12.1 Å². The Balaban J connectivity index is 1.67. The van der Waals surface area contributed by atoms with Gasteiger partial charge in [0, 0.05) is 6.42 Å². The summed E-state index contributed by atoms with van der Waals surface area (Å²) in [4.78, 5) is 11.0. The molecule has 1 aromatic heterocycles. The molecule has 0 fully saturated rings. The first kappa shape index (κ1) is 14.1. The number of furan rings is 1. The van der Waals surface area contributed by atoms with Crippen LogP contribution in [0.5, 0.6) is 5.75 Å². The van der Waals surface area contributed by atoms with E-state index in [2.05, 4.69) is 0 Å². The van der Waals surface area contributed by atoms with Gasteiger partial charge in [-0.25, -0.2) is 4.79 Å². The molecule has 0 radical (unpaired) electrons. The predicted octanol–water partition coefficient (Wildman–Crippen LogP) is 2.96. The summed E-state index contributed by atoms with van der Waals surface area (Å²) < 4.78 is 16.0. The van der Waals surface area contributed by atoms with Gasteiger partial charge in [0.25, 0.3) is 0 Å². The molecular weight excluding hydrogens is 260 g/mol. The molecule has 0 saturated carbocycles. The zero-order valence-corrected chi connectivity index (χ0v) is 11.0. The van der Waals surface area contributed by atoms with Crippen molar-refractivity contribution >= 4 is 5.97 Å². The standard InChI is InChI=1S/C15H16O5/c16-15(17)13-6-1-2-7-14(13)20-10-4-8-18-11-12-5-3-9-19-12/h1-3,5-7,9H,4,8,10-11H2,(H,16,17). The van der Waals surface area contributed by atoms with Gasteiger partial charge in [-0.3, -0.25) is 0 Å². The topological polar surface area (TPSA) is 68.9 Å². The zero-order valence-electron chi connectivity index (χ0n) is 11.0. The van der Waals surface area contributed by atoms with E-state index < -0.39 is 5.97 Å². The van der Waals surface area contributed by atoms with Gasteiger partial charge in [0.1, 0.15) is 23.7 Å². The zero-order chi connectivity index (χ0) is 14.2. The Kier molecular flexibility index (Phi) is 5.20. The number of ether oxygens (including phenoxy) is 2. The molecule has 1 N–H and O–H groups in total. The summed E-state index contributed by atoms with van der Waals surface area (Å²) in [6, 6.07) is 10.2. The molecule has 0 spiro atoms. The van der Waals surface area contributed by atoms with Crippen LogP contribution < -0.4 is 4.74 Å². The maximum Gasteiger partial charge on any atom is 0.339 e. The molecular formula is C15H16O5. The molecule has 1 heterocycles. The first-order valence-electron chi connectivity index (χ1n) is 6.32. The molecule has 106 valence electrons. The summed E-state index contributed by atoms with van der Waals surface area (Å²) in [6.45, 7) is 1.36. The molecule has 0 saturated heterocycles. The minimum atomic E-state index is -0.991. The first-order valence-corrected chi connectivity index (χ1v) is 6.32. The third-order valence-electron chi connectivity index (χ3n) is 2.63. The van der Waals surface area contributed by atoms with Crippen molar-refractivity contribution in [1.29, 1.82) is 0 Å². The maximum atomic E-state index is 11.0. The SMILES string of the molecule is O=C(O)c1ccccc1OCCCOCc1ccco1. The molecule has 2 rings (SSSR count). The quantitative estimate of drug-likeness (QED) is 0.751. The number of para-hydroxylation sites is 1. The Morgan fingerprint density at radius 1 is 1.15 bits per heavy atom. The number of hydrogen-bond acceptors (Lipinski definition) is 4. The molecule has 5 heteroatoms. The minimum Gasteiger partial charge on any atom is -0.493 e. The van der Waals surface area contributed by atoms with Gasteiger partial charge in [0.15, 0.2) is 0 Å². The summed E-state index contributed by atoms with van der Waals surface area (Å²) in [7, 11) is 0. The van der Waals surface area contributed by atoms with E-state index in [1.165, 1.54) is 6.07 Å². The van der Waals surface area contributed by atoms with E-state index >= 15 is 0 Å². The van der Waals surface area contributed by atoms with E-state index in [0.717, 1.165) is 5.76 Å². The third-order valence-corrected chi connectivity index (χ3v) is 2.63. The summed E-state index contributed by atoms with van der Waals surface area (Å²) in [6.07, 6.45) is 2.28. The number of carbonyl (C=O) groups is 1. The van der Waals surface area contributed by atoms with Crippen LogP contribution in [-0.2, 0) is 11.3 Å². The van der Waals surface area contributed by atoms with Crippen molar-refractivity contribution in [3.05, 3.63) is 54.0 Å². The van der Waals surface area contributed by atoms with E-state index in [1.807, 2.05) is 12.1 Å². The molecule has 0 aliphatic heterocycles. The molecule has 0 bridgehead atoms. The highest BCUT2D eigenvalue weighted by molar-refractivity contribution is 5.90. The van der Waals surface area contributed by atoms with Gasteiger partial charge < -0.3 is 19.0 Å². The van der Waals surface area contributed by atoms with Gasteiger partial charge >= 0.3 is 5.97 Å². The molecule has 20 heavy (non-hydrogen) atoms. The Labute approximate surface area is 116 Å². The normalized spacial score (nSPS) is 10.4. The lowest BCUT2D eigenvalue weighted by atomic mass is 10.2. The fraction of sp³-hybridized carbons (Fsp3) is 0.267. The highest BCUT2D eigenvalue weighted by atomic mass is 16.5. The average molecular weight is 276 g/mol. The lowest BCUT2D eigenvalue weighted by Crippen LogP contribution is -2.06. The molecule has 0 aliphatic rings. The number of hydrogen-bond donors (Lipinski definition) is 1. The number of carboxylic acids is 1. The van der Waals surface area contributed by atoms with Crippen LogP contribution >= 0.6 is 0 Å². The second-order valence-corrected chi connectivity index (χ2v) is 4.14. The van der Waals surface area contributed by atoms with Crippen molar-refractivity contribution in [2.45, 2.75) is 13.0 Å². The third kappa shape index (κ3) is 4.13. The first-order chi connectivity index (χ1) is 9.77. The van der Waals surface area contributed by atoms with Crippen molar-refractivity contribution in [3.8, 4) is 5.75 Å². The van der Waals surface area contributed by atoms with Crippen molar-refractivity contribution < 1.29 is 23.8 Å². The fourth-order valence-corrected chi connectivity index (χ4v) is 1.68. The van der Waals surface area contributed by atoms with Crippen LogP contribution in [0.3, 0.4) is 0 Å². The van der Waals surface area contributed by atoms with Crippen LogP contribution in [0.2, 0.25) is 0 Å². The largest absolute Gasteiger partial charge is 0.493 e. The van der Waals surface area contributed by atoms with E-state index in [0.29, 0.717) is 32.0 Å². The number of rotatable bonds is 8. The van der Waals surface area contributed by atoms with Crippen LogP contribution in [0.15, 0.2) is 47.1 Å². The van der Waals surface area contributed by atoms with Crippen molar-refractivity contribution in [2.24, 2.45) is 0 Å². The average Bonchev–Trinajstić information content (AvgIpc) is 2.96. The Morgan fingerprint density at radius 2 is 2.00 bits per heavy atom. The smallest absolute Gasteiger partial charge is 0.339 e. The minimum absolute atomic E-state index is 0.170. The predicted molar refractivity (Wildman–Crippen MR) is 71.9 cm³/mol. The Hall–Kier alpha value is -2.27. The number of carboxylic acid groups (broad SMARTS) is 1. The maximum absolute atomic E-state index is 11.0. The van der Waals surface area contributed by atoms with E-state index in [4.69, 9.17) is 19.0 Å². The van der Waals surface area contributed by atoms with Crippen molar-refractivity contribution in [3.63, 3.8) is 0 Å². The summed E-state index contributed by atoms with van der Waals surface area (Å²) in [5.41, 5.74) is 0.170. The van der Waals surface area contributed by atoms with Gasteiger partial charge in [-0.2, -0.15) is 0 Å². The van der Waals surface area contributed by atoms with Gasteiger partial charge in [0.2, 0.25) is 0 Å². The van der Waals surface area contributed by atoms with Crippen LogP contribution in [0.1, 0.15) is 22.5 Å². The molecule has 2 aromatic rings. The molecule has 1 aromatic carbocycles. The van der Waals surface area contributed by atoms with Crippen LogP contribution in [0.25, 0.3) is 0 Å². The molecule has 0 unspecified atom stereocenters. The number of benzene rings is 1. The second-order valence-electron chi connectivity index (χ2n) is 4.14. The van der Waals surface area contributed by atoms with Gasteiger partial charge in [-0.15, -0.1) is 0 Å². The summed E-state index contributed by atoms with van der Waals surface area (Å²) in [5.74, 6) is 0.169. The number of aromatic carboxylic acids is 1. The molecule has 0 atom stereocenters. The lowest BCUT2D eigenvalue weighted by molar-refractivity contribution is 0.0690. The monoisotopic (exact) mass is 276 g/mol. The fourth-order valence-electron chi connectivity index (χ4n) is 1.68. The van der Waals surface area contributed by atoms with E-state index in [9.17, 15) is 4.79 Å².